The molecule has 4 atom stereocenters. The second-order valence-corrected chi connectivity index (χ2v) is 13.0. The highest BCUT2D eigenvalue weighted by Gasteiger charge is 2.38. The van der Waals surface area contributed by atoms with Crippen molar-refractivity contribution in [3.05, 3.63) is 120 Å². The van der Waals surface area contributed by atoms with Crippen LogP contribution in [0.5, 0.6) is 0 Å². The Balaban J connectivity index is 1.43. The molecule has 1 heterocycles. The number of hydrogen-bond donors (Lipinski definition) is 5. The number of carboxylic acids is 1. The van der Waals surface area contributed by atoms with Gasteiger partial charge in [0.05, 0.1) is 18.6 Å². The van der Waals surface area contributed by atoms with Crippen LogP contribution in [-0.4, -0.2) is 52.3 Å². The Morgan fingerprint density at radius 3 is 1.92 bits per heavy atom. The zero-order valence-electron chi connectivity index (χ0n) is 27.3. The highest BCUT2D eigenvalue weighted by Crippen LogP contribution is 2.40. The summed E-state index contributed by atoms with van der Waals surface area (Å²) in [6, 6.07) is 23.1. The second kappa shape index (κ2) is 17.9. The van der Waals surface area contributed by atoms with Gasteiger partial charge in [-0.25, -0.2) is 24.0 Å². The molecule has 50 heavy (non-hydrogen) atoms. The molecule has 2 amide bonds. The molecule has 0 saturated carbocycles. The van der Waals surface area contributed by atoms with E-state index in [0.29, 0.717) is 16.7 Å². The molecule has 4 aromatic rings. The molecule has 14 nitrogen and oxygen atoms in total. The van der Waals surface area contributed by atoms with Crippen LogP contribution in [0.3, 0.4) is 0 Å². The van der Waals surface area contributed by atoms with Gasteiger partial charge in [0, 0.05) is 12.0 Å². The number of carbonyl (C=O) groups is 4. The van der Waals surface area contributed by atoms with Gasteiger partial charge < -0.3 is 29.2 Å². The number of aliphatic carboxylic acids is 1. The summed E-state index contributed by atoms with van der Waals surface area (Å²) >= 11 is 0. The molecule has 264 valence electrons. The number of ether oxygens (including phenoxy) is 2. The Labute approximate surface area is 288 Å². The third-order valence-electron chi connectivity index (χ3n) is 7.26. The Kier molecular flexibility index (Phi) is 13.5. The van der Waals surface area contributed by atoms with E-state index in [9.17, 15) is 33.7 Å². The summed E-state index contributed by atoms with van der Waals surface area (Å²) in [5.74, 6) is -4.15. The van der Waals surface area contributed by atoms with E-state index < -0.39 is 55.9 Å². The average Bonchev–Trinajstić information content (AvgIpc) is 3.64. The number of nitrogens with one attached hydrogen (secondary N) is 3. The largest absolute Gasteiger partial charge is 0.480 e. The van der Waals surface area contributed by atoms with E-state index in [4.69, 9.17) is 18.4 Å². The molecule has 0 aliphatic heterocycles. The zero-order chi connectivity index (χ0) is 36.1. The third kappa shape index (κ3) is 11.7. The van der Waals surface area contributed by atoms with Gasteiger partial charge in [-0.3, -0.25) is 14.6 Å². The summed E-state index contributed by atoms with van der Waals surface area (Å²) in [4.78, 5) is 61.9. The van der Waals surface area contributed by atoms with Gasteiger partial charge in [0.15, 0.2) is 0 Å². The van der Waals surface area contributed by atoms with Gasteiger partial charge in [-0.1, -0.05) is 98.8 Å². The number of benzene rings is 3. The van der Waals surface area contributed by atoms with Gasteiger partial charge in [-0.05, 0) is 34.2 Å². The van der Waals surface area contributed by atoms with Crippen molar-refractivity contribution in [2.45, 2.75) is 51.8 Å². The van der Waals surface area contributed by atoms with Crippen LogP contribution in [0.25, 0.3) is 11.1 Å². The highest BCUT2D eigenvalue weighted by molar-refractivity contribution is 7.50. The van der Waals surface area contributed by atoms with Crippen molar-refractivity contribution in [1.82, 2.24) is 15.7 Å². The van der Waals surface area contributed by atoms with Gasteiger partial charge in [0.25, 0.3) is 0 Å². The zero-order valence-corrected chi connectivity index (χ0v) is 28.2. The Morgan fingerprint density at radius 2 is 1.38 bits per heavy atom. The van der Waals surface area contributed by atoms with Crippen molar-refractivity contribution in [3.8, 4) is 11.1 Å². The molecule has 1 aromatic heterocycles. The second-order valence-electron chi connectivity index (χ2n) is 11.5. The first-order valence-electron chi connectivity index (χ1n) is 15.5. The predicted molar refractivity (Wildman–Crippen MR) is 180 cm³/mol. The molecular formula is C35H38N3O11P. The highest BCUT2D eigenvalue weighted by atomic mass is 31.2. The number of alkyl carbamates (subject to hydrolysis) is 1. The van der Waals surface area contributed by atoms with Crippen LogP contribution in [0.1, 0.15) is 30.5 Å². The number of carboxylic acid groups (broad SMARTS) is 1. The lowest BCUT2D eigenvalue weighted by Gasteiger charge is -2.27. The molecule has 5 N–H and O–H groups in total. The molecule has 2 unspecified atom stereocenters. The van der Waals surface area contributed by atoms with Crippen molar-refractivity contribution in [2.24, 2.45) is 5.92 Å². The van der Waals surface area contributed by atoms with Crippen LogP contribution in [0.15, 0.2) is 108 Å². The van der Waals surface area contributed by atoms with E-state index >= 15 is 0 Å². The van der Waals surface area contributed by atoms with Crippen molar-refractivity contribution in [1.29, 1.82) is 0 Å². The summed E-state index contributed by atoms with van der Waals surface area (Å²) in [6.07, 6.45) is -0.283. The fourth-order valence-corrected chi connectivity index (χ4v) is 5.88. The third-order valence-corrected chi connectivity index (χ3v) is 8.36. The molecule has 0 bridgehead atoms. The number of hydrogen-bond acceptors (Lipinski definition) is 9. The van der Waals surface area contributed by atoms with Crippen LogP contribution in [0.2, 0.25) is 0 Å². The number of amides is 2. The topological polar surface area (TPSA) is 203 Å². The molecule has 4 rings (SSSR count). The van der Waals surface area contributed by atoms with Crippen LogP contribution >= 0.6 is 7.75 Å². The van der Waals surface area contributed by atoms with Crippen LogP contribution < -0.4 is 15.7 Å². The molecule has 0 aliphatic rings. The van der Waals surface area contributed by atoms with E-state index in [-0.39, 0.29) is 19.6 Å². The predicted octanol–water partition coefficient (Wildman–Crippen LogP) is 4.79. The fraction of sp³-hybridized carbons (Fsp3) is 0.257. The molecule has 0 spiro atoms. The average molecular weight is 708 g/mol. The lowest BCUT2D eigenvalue weighted by Crippen LogP contribution is -2.52. The maximum Gasteiger partial charge on any atom is 0.409 e. The number of carbonyl (C=O) groups excluding carboxylic acids is 3. The molecular weight excluding hydrogens is 669 g/mol. The minimum atomic E-state index is -5.10. The lowest BCUT2D eigenvalue weighted by molar-refractivity contribution is -0.155. The first-order valence-corrected chi connectivity index (χ1v) is 17.1. The fourth-order valence-electron chi connectivity index (χ4n) is 4.62. The van der Waals surface area contributed by atoms with Crippen molar-refractivity contribution in [3.63, 3.8) is 0 Å². The number of furan rings is 1. The summed E-state index contributed by atoms with van der Waals surface area (Å²) in [5, 5.41) is 16.6. The van der Waals surface area contributed by atoms with E-state index in [1.54, 1.807) is 111 Å². The lowest BCUT2D eigenvalue weighted by atomic mass is 10.0. The molecule has 0 saturated heterocycles. The minimum absolute atomic E-state index is 0.0881. The Bertz CT molecular complexity index is 1750. The smallest absolute Gasteiger partial charge is 0.409 e. The molecule has 3 aromatic carbocycles. The van der Waals surface area contributed by atoms with Crippen molar-refractivity contribution >= 4 is 31.7 Å². The molecule has 0 radical (unpaired) electrons. The van der Waals surface area contributed by atoms with Gasteiger partial charge in [-0.15, -0.1) is 0 Å². The first-order chi connectivity index (χ1) is 23.9. The maximum absolute atomic E-state index is 13.3. The van der Waals surface area contributed by atoms with Crippen LogP contribution in [0, 0.1) is 5.92 Å². The monoisotopic (exact) mass is 707 g/mol. The summed E-state index contributed by atoms with van der Waals surface area (Å²) in [7, 11) is -5.10. The first kappa shape index (κ1) is 37.5. The van der Waals surface area contributed by atoms with E-state index in [2.05, 4.69) is 15.7 Å². The SMILES string of the molecule is CC(C)[C@H](NP(=O)(O)OC(NC(=O)OCc1ccccc1)C(=O)OCc1ccccc1)C(=O)N[C@@H](Cc1ccc(-c2ccoc2)cc1)C(=O)O. The Hall–Kier alpha value is -5.27. The molecule has 0 aliphatic carbocycles. The summed E-state index contributed by atoms with van der Waals surface area (Å²) in [5.41, 5.74) is 3.53. The Morgan fingerprint density at radius 1 is 0.780 bits per heavy atom. The van der Waals surface area contributed by atoms with E-state index in [1.807, 2.05) is 0 Å². The van der Waals surface area contributed by atoms with Gasteiger partial charge >= 0.3 is 25.8 Å². The standard InChI is InChI=1S/C35H38N3O11P/c1-23(2)30(31(39)36-29(33(40)41)19-24-13-15-27(16-14-24)28-17-18-46-22-28)38-50(44,45)49-32(34(42)47-20-25-9-5-3-6-10-25)37-35(43)48-21-26-11-7-4-8-12-26/h3-18,22-23,29-30,32H,19-21H2,1-2H3,(H,36,39)(H,37,43)(H,40,41)(H2,38,44,45)/t29-,30-,32?/m0/s1. The summed E-state index contributed by atoms with van der Waals surface area (Å²) < 4.78 is 33.9. The van der Waals surface area contributed by atoms with Gasteiger partial charge in [0.1, 0.15) is 19.3 Å². The van der Waals surface area contributed by atoms with Crippen LogP contribution in [-0.2, 0) is 52.6 Å². The van der Waals surface area contributed by atoms with Gasteiger partial charge in [0.2, 0.25) is 12.1 Å². The maximum atomic E-state index is 13.3. The molecule has 0 fully saturated rings. The van der Waals surface area contributed by atoms with Crippen molar-refractivity contribution in [2.75, 3.05) is 0 Å². The van der Waals surface area contributed by atoms with E-state index in [0.717, 1.165) is 11.1 Å². The van der Waals surface area contributed by atoms with Crippen LogP contribution in [0.4, 0.5) is 4.79 Å². The normalized spacial score (nSPS) is 14.1. The minimum Gasteiger partial charge on any atom is -0.480 e. The van der Waals surface area contributed by atoms with Crippen molar-refractivity contribution < 1.29 is 52.2 Å². The molecule has 15 heteroatoms. The summed E-state index contributed by atoms with van der Waals surface area (Å²) in [6.45, 7) is 2.67. The van der Waals surface area contributed by atoms with E-state index in [1.165, 1.54) is 6.26 Å². The number of esters is 1. The quantitative estimate of drug-likeness (QED) is 0.0572. The van der Waals surface area contributed by atoms with Gasteiger partial charge in [-0.2, -0.15) is 0 Å². The number of rotatable bonds is 17.